The first-order chi connectivity index (χ1) is 11.4. The Bertz CT molecular complexity index is 840. The number of hydrogen-bond donors (Lipinski definition) is 1. The molecule has 2 amide bonds. The first-order valence-corrected chi connectivity index (χ1v) is 7.05. The van der Waals surface area contributed by atoms with Crippen molar-refractivity contribution >= 4 is 28.8 Å². The second-order valence-corrected chi connectivity index (χ2v) is 5.11. The van der Waals surface area contributed by atoms with Crippen molar-refractivity contribution in [3.63, 3.8) is 0 Å². The minimum Gasteiger partial charge on any atom is -0.450 e. The van der Waals surface area contributed by atoms with Gasteiger partial charge >= 0.3 is 5.97 Å². The quantitative estimate of drug-likeness (QED) is 0.782. The van der Waals surface area contributed by atoms with Crippen molar-refractivity contribution in [2.24, 2.45) is 0 Å². The number of hydrogen-bond acceptors (Lipinski definition) is 6. The Labute approximate surface area is 137 Å². The summed E-state index contributed by atoms with van der Waals surface area (Å²) in [5.41, 5.74) is -0.136. The normalized spacial score (nSPS) is 10.2. The molecule has 126 valence electrons. The highest BCUT2D eigenvalue weighted by Gasteiger charge is 2.15. The molecule has 0 unspecified atom stereocenters. The summed E-state index contributed by atoms with van der Waals surface area (Å²) in [7, 11) is 3.10. The molecule has 8 nitrogen and oxygen atoms in total. The third-order valence-electron chi connectivity index (χ3n) is 3.11. The molecule has 0 spiro atoms. The smallest absolute Gasteiger partial charge is 0.374 e. The van der Waals surface area contributed by atoms with E-state index in [2.05, 4.69) is 5.32 Å². The van der Waals surface area contributed by atoms with Gasteiger partial charge in [-0.2, -0.15) is 0 Å². The van der Waals surface area contributed by atoms with Crippen LogP contribution in [-0.2, 0) is 14.3 Å². The zero-order chi connectivity index (χ0) is 17.7. The van der Waals surface area contributed by atoms with Crippen LogP contribution in [-0.4, -0.2) is 49.9 Å². The summed E-state index contributed by atoms with van der Waals surface area (Å²) in [6.07, 6.45) is 0. The molecule has 0 radical (unpaired) electrons. The fraction of sp³-hybridized carbons (Fsp3) is 0.250. The Morgan fingerprint density at radius 3 is 2.62 bits per heavy atom. The molecule has 0 aliphatic heterocycles. The number of para-hydroxylation sites is 1. The van der Waals surface area contributed by atoms with Gasteiger partial charge in [-0.25, -0.2) is 4.79 Å². The van der Waals surface area contributed by atoms with Gasteiger partial charge in [0, 0.05) is 20.2 Å². The van der Waals surface area contributed by atoms with Crippen LogP contribution in [0.5, 0.6) is 0 Å². The summed E-state index contributed by atoms with van der Waals surface area (Å²) >= 11 is 0. The summed E-state index contributed by atoms with van der Waals surface area (Å²) < 4.78 is 10.1. The highest BCUT2D eigenvalue weighted by molar-refractivity contribution is 5.91. The Hall–Kier alpha value is -3.16. The van der Waals surface area contributed by atoms with Crippen molar-refractivity contribution < 1.29 is 23.5 Å². The minimum atomic E-state index is -0.938. The fourth-order valence-corrected chi connectivity index (χ4v) is 1.79. The monoisotopic (exact) mass is 332 g/mol. The van der Waals surface area contributed by atoms with E-state index >= 15 is 0 Å². The number of nitrogens with zero attached hydrogens (tertiary/aromatic N) is 1. The van der Waals surface area contributed by atoms with Gasteiger partial charge < -0.3 is 19.4 Å². The lowest BCUT2D eigenvalue weighted by molar-refractivity contribution is -0.131. The number of nitrogens with one attached hydrogen (secondary N) is 1. The summed E-state index contributed by atoms with van der Waals surface area (Å²) in [6.45, 7) is -0.787. The van der Waals surface area contributed by atoms with Crippen LogP contribution in [0.3, 0.4) is 0 Å². The number of carbonyl (C=O) groups is 3. The van der Waals surface area contributed by atoms with E-state index in [9.17, 15) is 19.2 Å². The van der Waals surface area contributed by atoms with E-state index in [-0.39, 0.29) is 29.2 Å². The van der Waals surface area contributed by atoms with Crippen LogP contribution >= 0.6 is 0 Å². The molecule has 1 N–H and O–H groups in total. The molecule has 0 fully saturated rings. The van der Waals surface area contributed by atoms with Gasteiger partial charge in [-0.15, -0.1) is 0 Å². The minimum absolute atomic E-state index is 0.200. The maximum absolute atomic E-state index is 11.9. The predicted molar refractivity (Wildman–Crippen MR) is 84.5 cm³/mol. The van der Waals surface area contributed by atoms with Gasteiger partial charge in [0.2, 0.25) is 11.7 Å². The first kappa shape index (κ1) is 17.2. The molecule has 0 aliphatic carbocycles. The highest BCUT2D eigenvalue weighted by atomic mass is 16.5. The molecule has 0 bridgehead atoms. The molecule has 1 aromatic carbocycles. The number of esters is 1. The van der Waals surface area contributed by atoms with Crippen molar-refractivity contribution in [2.75, 3.05) is 27.2 Å². The second-order valence-electron chi connectivity index (χ2n) is 5.11. The van der Waals surface area contributed by atoms with Crippen LogP contribution < -0.4 is 10.7 Å². The van der Waals surface area contributed by atoms with Crippen LogP contribution in [0.15, 0.2) is 39.5 Å². The van der Waals surface area contributed by atoms with Crippen molar-refractivity contribution in [2.45, 2.75) is 0 Å². The molecule has 0 saturated heterocycles. The summed E-state index contributed by atoms with van der Waals surface area (Å²) in [5, 5.41) is 2.65. The van der Waals surface area contributed by atoms with Crippen LogP contribution in [0.4, 0.5) is 0 Å². The van der Waals surface area contributed by atoms with Gasteiger partial charge in [-0.1, -0.05) is 12.1 Å². The van der Waals surface area contributed by atoms with E-state index < -0.39 is 18.5 Å². The van der Waals surface area contributed by atoms with E-state index in [1.807, 2.05) is 0 Å². The van der Waals surface area contributed by atoms with E-state index in [1.54, 1.807) is 38.4 Å². The molecule has 1 aromatic heterocycles. The topological polar surface area (TPSA) is 106 Å². The summed E-state index contributed by atoms with van der Waals surface area (Å²) in [5.74, 6) is -2.17. The maximum atomic E-state index is 11.9. The Morgan fingerprint density at radius 2 is 1.92 bits per heavy atom. The van der Waals surface area contributed by atoms with E-state index in [0.29, 0.717) is 5.39 Å². The SMILES string of the molecule is CN(C)C(=O)CNC(=O)COC(=O)c1cc(=O)c2ccccc2o1. The number of fused-ring (bicyclic) bond motifs is 1. The van der Waals surface area contributed by atoms with E-state index in [1.165, 1.54) is 4.90 Å². The van der Waals surface area contributed by atoms with Crippen LogP contribution in [0.1, 0.15) is 10.6 Å². The lowest BCUT2D eigenvalue weighted by Gasteiger charge is -2.11. The van der Waals surface area contributed by atoms with Gasteiger partial charge in [0.1, 0.15) is 5.58 Å². The van der Waals surface area contributed by atoms with Gasteiger partial charge in [-0.3, -0.25) is 14.4 Å². The summed E-state index contributed by atoms with van der Waals surface area (Å²) in [4.78, 5) is 47.9. The largest absolute Gasteiger partial charge is 0.450 e. The lowest BCUT2D eigenvalue weighted by Crippen LogP contribution is -2.38. The zero-order valence-corrected chi connectivity index (χ0v) is 13.2. The predicted octanol–water partition coefficient (Wildman–Crippen LogP) is 0.154. The van der Waals surface area contributed by atoms with Gasteiger partial charge in [0.25, 0.3) is 5.91 Å². The number of likely N-dealkylation sites (N-methyl/N-ethyl adjacent to an activating group) is 1. The van der Waals surface area contributed by atoms with Crippen LogP contribution in [0.2, 0.25) is 0 Å². The lowest BCUT2D eigenvalue weighted by atomic mass is 10.2. The Kier molecular flexibility index (Phi) is 5.31. The molecule has 0 saturated carbocycles. The number of amides is 2. The molecule has 1 heterocycles. The van der Waals surface area contributed by atoms with Gasteiger partial charge in [-0.05, 0) is 12.1 Å². The molecular weight excluding hydrogens is 316 g/mol. The third-order valence-corrected chi connectivity index (χ3v) is 3.11. The second kappa shape index (κ2) is 7.40. The van der Waals surface area contributed by atoms with Crippen molar-refractivity contribution in [1.82, 2.24) is 10.2 Å². The molecule has 0 aliphatic rings. The molecule has 2 aromatic rings. The van der Waals surface area contributed by atoms with Crippen molar-refractivity contribution in [3.8, 4) is 0 Å². The maximum Gasteiger partial charge on any atom is 0.374 e. The van der Waals surface area contributed by atoms with E-state index in [4.69, 9.17) is 9.15 Å². The zero-order valence-electron chi connectivity index (χ0n) is 13.2. The van der Waals surface area contributed by atoms with E-state index in [0.717, 1.165) is 6.07 Å². The average molecular weight is 332 g/mol. The average Bonchev–Trinajstić information content (AvgIpc) is 2.57. The van der Waals surface area contributed by atoms with Crippen molar-refractivity contribution in [3.05, 3.63) is 46.3 Å². The van der Waals surface area contributed by atoms with Gasteiger partial charge in [0.05, 0.1) is 11.9 Å². The number of carbonyl (C=O) groups excluding carboxylic acids is 3. The van der Waals surface area contributed by atoms with Crippen LogP contribution in [0.25, 0.3) is 11.0 Å². The number of ether oxygens (including phenoxy) is 1. The molecule has 24 heavy (non-hydrogen) atoms. The third kappa shape index (κ3) is 4.19. The van der Waals surface area contributed by atoms with Crippen molar-refractivity contribution in [1.29, 1.82) is 0 Å². The standard InChI is InChI=1S/C16H16N2O6/c1-18(2)15(21)8-17-14(20)9-23-16(22)13-7-11(19)10-5-3-4-6-12(10)24-13/h3-7H,8-9H2,1-2H3,(H,17,20). The molecule has 8 heteroatoms. The fourth-order valence-electron chi connectivity index (χ4n) is 1.79. The Balaban J connectivity index is 1.97. The van der Waals surface area contributed by atoms with Gasteiger partial charge in [0.15, 0.2) is 12.0 Å². The molecular formula is C16H16N2O6. The molecule has 0 atom stereocenters. The number of benzene rings is 1. The summed E-state index contributed by atoms with van der Waals surface area (Å²) in [6, 6.07) is 7.48. The molecule has 2 rings (SSSR count). The Morgan fingerprint density at radius 1 is 1.21 bits per heavy atom. The number of rotatable bonds is 5. The van der Waals surface area contributed by atoms with Crippen LogP contribution in [0, 0.1) is 0 Å². The highest BCUT2D eigenvalue weighted by Crippen LogP contribution is 2.12. The first-order valence-electron chi connectivity index (χ1n) is 7.05.